The predicted octanol–water partition coefficient (Wildman–Crippen LogP) is -0.610. The molecule has 0 atom stereocenters. The first-order valence-corrected chi connectivity index (χ1v) is 7.20. The molecular weight excluding hydrogens is 270 g/mol. The number of halogens is 1. The number of quaternary nitrogens is 1. The van der Waals surface area contributed by atoms with E-state index in [1.54, 1.807) is 22.7 Å². The van der Waals surface area contributed by atoms with Crippen LogP contribution < -0.4 is 17.3 Å². The second kappa shape index (κ2) is 6.97. The lowest BCUT2D eigenvalue weighted by molar-refractivity contribution is -0.851. The van der Waals surface area contributed by atoms with Crippen LogP contribution in [0, 0.1) is 0 Å². The van der Waals surface area contributed by atoms with Crippen molar-refractivity contribution < 1.29 is 17.3 Å². The van der Waals surface area contributed by atoms with Gasteiger partial charge in [0.1, 0.15) is 0 Å². The molecule has 1 N–H and O–H groups in total. The fraction of sp³-hybridized carbons (Fsp3) is 0.231. The van der Waals surface area contributed by atoms with Crippen LogP contribution in [0.25, 0.3) is 5.57 Å². The number of thiophene rings is 2. The van der Waals surface area contributed by atoms with Crippen LogP contribution in [0.5, 0.6) is 0 Å². The molecule has 4 heteroatoms. The fourth-order valence-electron chi connectivity index (χ4n) is 1.54. The van der Waals surface area contributed by atoms with Gasteiger partial charge in [-0.05, 0) is 56.4 Å². The van der Waals surface area contributed by atoms with E-state index in [2.05, 4.69) is 53.8 Å². The van der Waals surface area contributed by atoms with Crippen molar-refractivity contribution in [2.24, 2.45) is 0 Å². The normalized spacial score (nSPS) is 10.1. The van der Waals surface area contributed by atoms with Gasteiger partial charge in [-0.1, -0.05) is 0 Å². The van der Waals surface area contributed by atoms with Crippen LogP contribution in [0.2, 0.25) is 0 Å². The molecule has 0 aliphatic carbocycles. The summed E-state index contributed by atoms with van der Waals surface area (Å²) in [6, 6.07) is 4.39. The number of nitrogens with one attached hydrogen (secondary N) is 1. The first kappa shape index (κ1) is 14.5. The molecule has 92 valence electrons. The van der Waals surface area contributed by atoms with Gasteiger partial charge in [-0.3, -0.25) is 0 Å². The molecule has 2 rings (SSSR count). The van der Waals surface area contributed by atoms with Crippen LogP contribution in [-0.4, -0.2) is 20.6 Å². The highest BCUT2D eigenvalue weighted by Gasteiger charge is 2.06. The smallest absolute Gasteiger partial charge is 0.0963 e. The van der Waals surface area contributed by atoms with E-state index in [1.807, 2.05) is 0 Å². The zero-order valence-electron chi connectivity index (χ0n) is 9.94. The van der Waals surface area contributed by atoms with Crippen LogP contribution in [-0.2, 0) is 0 Å². The summed E-state index contributed by atoms with van der Waals surface area (Å²) in [7, 11) is 4.35. The van der Waals surface area contributed by atoms with E-state index in [4.69, 9.17) is 0 Å². The molecule has 0 unspecified atom stereocenters. The van der Waals surface area contributed by atoms with Crippen molar-refractivity contribution in [3.63, 3.8) is 0 Å². The Labute approximate surface area is 117 Å². The Morgan fingerprint density at radius 2 is 1.65 bits per heavy atom. The van der Waals surface area contributed by atoms with Gasteiger partial charge >= 0.3 is 0 Å². The van der Waals surface area contributed by atoms with Crippen molar-refractivity contribution in [3.05, 3.63) is 50.9 Å². The van der Waals surface area contributed by atoms with E-state index in [0.717, 1.165) is 6.54 Å². The first-order chi connectivity index (χ1) is 7.77. The zero-order valence-corrected chi connectivity index (χ0v) is 12.3. The maximum Gasteiger partial charge on any atom is 0.0963 e. The summed E-state index contributed by atoms with van der Waals surface area (Å²) >= 11 is 3.51. The highest BCUT2D eigenvalue weighted by Crippen LogP contribution is 2.26. The van der Waals surface area contributed by atoms with Crippen LogP contribution >= 0.6 is 22.7 Å². The third kappa shape index (κ3) is 3.96. The first-order valence-electron chi connectivity index (χ1n) is 5.31. The summed E-state index contributed by atoms with van der Waals surface area (Å²) in [6.45, 7) is 1.06. The molecule has 0 bridgehead atoms. The molecule has 1 nitrogen and oxygen atoms in total. The molecule has 2 aromatic heterocycles. The van der Waals surface area contributed by atoms with Crippen LogP contribution in [0.15, 0.2) is 39.7 Å². The molecule has 0 saturated heterocycles. The summed E-state index contributed by atoms with van der Waals surface area (Å²) in [5.74, 6) is 0. The van der Waals surface area contributed by atoms with Crippen LogP contribution in [0.4, 0.5) is 0 Å². The monoisotopic (exact) mass is 285 g/mol. The standard InChI is InChI=1S/C13H15NS2.ClH/c1-14(2)6-3-13(11-4-7-15-9-11)12-5-8-16-10-12;/h3-5,7-10H,6H2,1-2H3;1H. The van der Waals surface area contributed by atoms with Crippen molar-refractivity contribution in [2.75, 3.05) is 20.6 Å². The van der Waals surface area contributed by atoms with E-state index >= 15 is 0 Å². The Morgan fingerprint density at radius 3 is 2.00 bits per heavy atom. The minimum atomic E-state index is 0. The molecule has 0 aliphatic rings. The Morgan fingerprint density at radius 1 is 1.12 bits per heavy atom. The molecular formula is C13H16ClNS2. The Bertz CT molecular complexity index is 407. The third-order valence-electron chi connectivity index (χ3n) is 2.38. The summed E-state index contributed by atoms with van der Waals surface area (Å²) in [5.41, 5.74) is 4.04. The average molecular weight is 286 g/mol. The molecule has 0 fully saturated rings. The summed E-state index contributed by atoms with van der Waals surface area (Å²) < 4.78 is 0. The van der Waals surface area contributed by atoms with E-state index in [1.165, 1.54) is 21.6 Å². The second-order valence-corrected chi connectivity index (χ2v) is 5.61. The quantitative estimate of drug-likeness (QED) is 0.765. The number of hydrogen-bond donors (Lipinski definition) is 1. The van der Waals surface area contributed by atoms with Gasteiger partial charge in [-0.25, -0.2) is 0 Å². The molecule has 0 spiro atoms. The Kier molecular flexibility index (Phi) is 5.92. The lowest BCUT2D eigenvalue weighted by atomic mass is 10.0. The van der Waals surface area contributed by atoms with Crippen molar-refractivity contribution in [1.29, 1.82) is 0 Å². The second-order valence-electron chi connectivity index (χ2n) is 4.05. The molecule has 17 heavy (non-hydrogen) atoms. The van der Waals surface area contributed by atoms with Crippen LogP contribution in [0.3, 0.4) is 0 Å². The maximum atomic E-state index is 2.33. The minimum Gasteiger partial charge on any atom is -1.00 e. The van der Waals surface area contributed by atoms with E-state index in [0.29, 0.717) is 0 Å². The van der Waals surface area contributed by atoms with E-state index < -0.39 is 0 Å². The van der Waals surface area contributed by atoms with Crippen molar-refractivity contribution in [1.82, 2.24) is 0 Å². The van der Waals surface area contributed by atoms with Gasteiger partial charge in [0.25, 0.3) is 0 Å². The SMILES string of the molecule is C[NH+](C)CC=C(c1ccsc1)c1ccsc1.[Cl-]. The van der Waals surface area contributed by atoms with Gasteiger partial charge in [0, 0.05) is 0 Å². The minimum absolute atomic E-state index is 0. The zero-order chi connectivity index (χ0) is 11.4. The molecule has 2 aromatic rings. The maximum absolute atomic E-state index is 2.33. The van der Waals surface area contributed by atoms with E-state index in [9.17, 15) is 0 Å². The van der Waals surface area contributed by atoms with Crippen LogP contribution in [0.1, 0.15) is 11.1 Å². The summed E-state index contributed by atoms with van der Waals surface area (Å²) in [5, 5.41) is 8.71. The van der Waals surface area contributed by atoms with Crippen molar-refractivity contribution in [3.8, 4) is 0 Å². The average Bonchev–Trinajstić information content (AvgIpc) is 2.88. The fourth-order valence-corrected chi connectivity index (χ4v) is 2.86. The van der Waals surface area contributed by atoms with Gasteiger partial charge in [0.05, 0.1) is 20.6 Å². The lowest BCUT2D eigenvalue weighted by Gasteiger charge is -2.06. The van der Waals surface area contributed by atoms with Gasteiger partial charge in [-0.2, -0.15) is 22.7 Å². The highest BCUT2D eigenvalue weighted by atomic mass is 35.5. The molecule has 2 heterocycles. The van der Waals surface area contributed by atoms with Gasteiger partial charge in [-0.15, -0.1) is 0 Å². The Balaban J connectivity index is 0.00000144. The number of hydrogen-bond acceptors (Lipinski definition) is 2. The highest BCUT2D eigenvalue weighted by molar-refractivity contribution is 7.08. The van der Waals surface area contributed by atoms with Gasteiger partial charge < -0.3 is 17.3 Å². The molecule has 0 amide bonds. The molecule has 0 saturated carbocycles. The number of rotatable bonds is 4. The van der Waals surface area contributed by atoms with Gasteiger partial charge in [0.15, 0.2) is 0 Å². The Hall–Kier alpha value is -0.610. The largest absolute Gasteiger partial charge is 1.00 e. The van der Waals surface area contributed by atoms with Crippen molar-refractivity contribution >= 4 is 28.2 Å². The summed E-state index contributed by atoms with van der Waals surface area (Å²) in [6.07, 6.45) is 2.33. The van der Waals surface area contributed by atoms with E-state index in [-0.39, 0.29) is 12.4 Å². The van der Waals surface area contributed by atoms with Gasteiger partial charge in [0.2, 0.25) is 0 Å². The molecule has 0 aromatic carbocycles. The predicted molar refractivity (Wildman–Crippen MR) is 73.4 cm³/mol. The summed E-state index contributed by atoms with van der Waals surface area (Å²) in [4.78, 5) is 1.45. The van der Waals surface area contributed by atoms with Crippen molar-refractivity contribution in [2.45, 2.75) is 0 Å². The molecule has 0 radical (unpaired) electrons. The lowest BCUT2D eigenvalue weighted by Crippen LogP contribution is -3.05. The topological polar surface area (TPSA) is 4.44 Å². The molecule has 0 aliphatic heterocycles. The third-order valence-corrected chi connectivity index (χ3v) is 3.75. The number of likely N-dealkylation sites (N-methyl/N-ethyl adjacent to an activating group) is 1.